The van der Waals surface area contributed by atoms with E-state index in [-0.39, 0.29) is 24.2 Å². The van der Waals surface area contributed by atoms with Crippen molar-refractivity contribution in [3.63, 3.8) is 0 Å². The Balaban J connectivity index is 1.97. The zero-order valence-corrected chi connectivity index (χ0v) is 12.9. The van der Waals surface area contributed by atoms with Crippen LogP contribution in [0.15, 0.2) is 36.4 Å². The smallest absolute Gasteiger partial charge is 0.282 e. The Morgan fingerprint density at radius 1 is 1.08 bits per heavy atom. The van der Waals surface area contributed by atoms with Crippen molar-refractivity contribution in [2.24, 2.45) is 0 Å². The van der Waals surface area contributed by atoms with E-state index in [4.69, 9.17) is 11.6 Å². The second-order valence-corrected chi connectivity index (χ2v) is 5.73. The van der Waals surface area contributed by atoms with Gasteiger partial charge in [0.05, 0.1) is 33.6 Å². The van der Waals surface area contributed by atoms with E-state index in [2.05, 4.69) is 0 Å². The fourth-order valence-electron chi connectivity index (χ4n) is 2.64. The number of non-ortho nitro benzene ring substituents is 1. The summed E-state index contributed by atoms with van der Waals surface area (Å²) in [6.45, 7) is 0.265. The second-order valence-electron chi connectivity index (χ2n) is 5.29. The summed E-state index contributed by atoms with van der Waals surface area (Å²) in [5, 5.41) is 22.7. The van der Waals surface area contributed by atoms with E-state index in [1.54, 1.807) is 24.3 Å². The first-order valence-electron chi connectivity index (χ1n) is 6.86. The number of rotatable bonds is 4. The molecule has 0 aliphatic carbocycles. The molecule has 0 radical (unpaired) electrons. The van der Waals surface area contributed by atoms with E-state index in [9.17, 15) is 25.0 Å². The molecule has 0 saturated heterocycles. The van der Waals surface area contributed by atoms with Crippen LogP contribution in [0.3, 0.4) is 0 Å². The lowest BCUT2D eigenvalue weighted by molar-refractivity contribution is -0.394. The first-order valence-corrected chi connectivity index (χ1v) is 7.24. The molecule has 0 fully saturated rings. The number of hydrogen-bond acceptors (Lipinski definition) is 5. The van der Waals surface area contributed by atoms with Crippen LogP contribution in [-0.4, -0.2) is 20.7 Å². The van der Waals surface area contributed by atoms with Crippen molar-refractivity contribution >= 4 is 28.9 Å². The van der Waals surface area contributed by atoms with Gasteiger partial charge in [-0.2, -0.15) is 0 Å². The minimum Gasteiger partial charge on any atom is -0.330 e. The molecule has 0 aromatic heterocycles. The molecule has 0 unspecified atom stereocenters. The normalized spacial score (nSPS) is 13.0. The van der Waals surface area contributed by atoms with E-state index in [1.807, 2.05) is 0 Å². The van der Waals surface area contributed by atoms with Crippen LogP contribution in [0, 0.1) is 20.2 Å². The van der Waals surface area contributed by atoms with Crippen molar-refractivity contribution in [2.45, 2.75) is 13.1 Å². The maximum atomic E-state index is 12.5. The van der Waals surface area contributed by atoms with Gasteiger partial charge in [0.25, 0.3) is 17.3 Å². The van der Waals surface area contributed by atoms with Gasteiger partial charge in [0.2, 0.25) is 0 Å². The third kappa shape index (κ3) is 2.79. The summed E-state index contributed by atoms with van der Waals surface area (Å²) in [7, 11) is 0. The van der Waals surface area contributed by atoms with Gasteiger partial charge in [-0.15, -0.1) is 0 Å². The third-order valence-corrected chi connectivity index (χ3v) is 4.02. The highest BCUT2D eigenvalue weighted by atomic mass is 35.5. The summed E-state index contributed by atoms with van der Waals surface area (Å²) in [6.07, 6.45) is 0. The summed E-state index contributed by atoms with van der Waals surface area (Å²) < 4.78 is 0. The molecule has 2 aromatic rings. The van der Waals surface area contributed by atoms with Gasteiger partial charge in [0, 0.05) is 17.6 Å². The fraction of sp³-hybridized carbons (Fsp3) is 0.133. The highest BCUT2D eigenvalue weighted by Gasteiger charge is 2.36. The lowest BCUT2D eigenvalue weighted by atomic mass is 10.1. The lowest BCUT2D eigenvalue weighted by Gasteiger charge is -2.15. The number of halogens is 1. The quantitative estimate of drug-likeness (QED) is 0.623. The van der Waals surface area contributed by atoms with Gasteiger partial charge in [0.1, 0.15) is 0 Å². The monoisotopic (exact) mass is 347 g/mol. The summed E-state index contributed by atoms with van der Waals surface area (Å²) in [4.78, 5) is 34.5. The molecule has 122 valence electrons. The first-order chi connectivity index (χ1) is 11.4. The van der Waals surface area contributed by atoms with Gasteiger partial charge in [-0.3, -0.25) is 25.0 Å². The molecule has 1 aliphatic rings. The number of carbonyl (C=O) groups is 1. The number of nitro groups is 2. The van der Waals surface area contributed by atoms with Crippen LogP contribution in [0.4, 0.5) is 11.4 Å². The molecule has 9 heteroatoms. The van der Waals surface area contributed by atoms with Gasteiger partial charge in [-0.05, 0) is 17.7 Å². The fourth-order valence-corrected chi connectivity index (χ4v) is 2.76. The van der Waals surface area contributed by atoms with Crippen LogP contribution >= 0.6 is 11.6 Å². The van der Waals surface area contributed by atoms with Crippen molar-refractivity contribution < 1.29 is 14.6 Å². The van der Waals surface area contributed by atoms with Gasteiger partial charge in [-0.25, -0.2) is 0 Å². The number of benzene rings is 2. The van der Waals surface area contributed by atoms with E-state index < -0.39 is 27.1 Å². The molecule has 1 heterocycles. The molecule has 24 heavy (non-hydrogen) atoms. The first kappa shape index (κ1) is 15.9. The van der Waals surface area contributed by atoms with Gasteiger partial charge < -0.3 is 4.90 Å². The molecule has 2 aromatic carbocycles. The summed E-state index contributed by atoms with van der Waals surface area (Å²) >= 11 is 5.81. The highest BCUT2D eigenvalue weighted by molar-refractivity contribution is 6.30. The minimum absolute atomic E-state index is 0.00450. The minimum atomic E-state index is -0.748. The SMILES string of the molecule is O=C1c2cc([N+](=O)[O-])cc([N+](=O)[O-])c2CN1Cc1ccc(Cl)cc1. The van der Waals surface area contributed by atoms with Crippen LogP contribution in [0.25, 0.3) is 0 Å². The van der Waals surface area contributed by atoms with Crippen LogP contribution in [0.1, 0.15) is 21.5 Å². The van der Waals surface area contributed by atoms with Crippen molar-refractivity contribution in [1.82, 2.24) is 4.90 Å². The van der Waals surface area contributed by atoms with Crippen LogP contribution < -0.4 is 0 Å². The topological polar surface area (TPSA) is 107 Å². The van der Waals surface area contributed by atoms with Crippen molar-refractivity contribution in [3.05, 3.63) is 78.3 Å². The van der Waals surface area contributed by atoms with Gasteiger partial charge in [-0.1, -0.05) is 23.7 Å². The van der Waals surface area contributed by atoms with E-state index in [0.717, 1.165) is 17.7 Å². The Hall–Kier alpha value is -3.00. The molecular formula is C15H10ClN3O5. The Morgan fingerprint density at radius 2 is 1.75 bits per heavy atom. The Morgan fingerprint density at radius 3 is 2.33 bits per heavy atom. The summed E-state index contributed by atoms with van der Waals surface area (Å²) in [5.74, 6) is -0.466. The predicted molar refractivity (Wildman–Crippen MR) is 84.8 cm³/mol. The zero-order chi connectivity index (χ0) is 17.4. The number of fused-ring (bicyclic) bond motifs is 1. The molecular weight excluding hydrogens is 338 g/mol. The Labute approximate surface area is 140 Å². The molecule has 0 bridgehead atoms. The zero-order valence-electron chi connectivity index (χ0n) is 12.1. The number of nitrogens with zero attached hydrogens (tertiary/aromatic N) is 3. The maximum absolute atomic E-state index is 12.5. The van der Waals surface area contributed by atoms with Crippen molar-refractivity contribution in [3.8, 4) is 0 Å². The van der Waals surface area contributed by atoms with E-state index >= 15 is 0 Å². The predicted octanol–water partition coefficient (Wildman–Crippen LogP) is 3.31. The van der Waals surface area contributed by atoms with E-state index in [1.165, 1.54) is 4.90 Å². The average Bonchev–Trinajstić information content (AvgIpc) is 2.85. The average molecular weight is 348 g/mol. The molecule has 8 nitrogen and oxygen atoms in total. The Bertz CT molecular complexity index is 866. The summed E-state index contributed by atoms with van der Waals surface area (Å²) in [5.41, 5.74) is 0.125. The largest absolute Gasteiger partial charge is 0.330 e. The number of nitro benzene ring substituents is 2. The molecule has 0 atom stereocenters. The van der Waals surface area contributed by atoms with Crippen molar-refractivity contribution in [2.75, 3.05) is 0 Å². The van der Waals surface area contributed by atoms with Gasteiger partial charge >= 0.3 is 0 Å². The number of carbonyl (C=O) groups excluding carboxylic acids is 1. The Kier molecular flexibility index (Phi) is 3.90. The molecule has 0 saturated carbocycles. The van der Waals surface area contributed by atoms with Crippen molar-refractivity contribution in [1.29, 1.82) is 0 Å². The summed E-state index contributed by atoms with van der Waals surface area (Å²) in [6, 6.07) is 8.82. The number of amides is 1. The molecule has 0 N–H and O–H groups in total. The second kappa shape index (κ2) is 5.89. The molecule has 1 aliphatic heterocycles. The van der Waals surface area contributed by atoms with Crippen LogP contribution in [0.2, 0.25) is 5.02 Å². The van der Waals surface area contributed by atoms with Crippen LogP contribution in [0.5, 0.6) is 0 Å². The molecule has 0 spiro atoms. The third-order valence-electron chi connectivity index (χ3n) is 3.77. The van der Waals surface area contributed by atoms with Crippen LogP contribution in [-0.2, 0) is 13.1 Å². The van der Waals surface area contributed by atoms with E-state index in [0.29, 0.717) is 5.02 Å². The maximum Gasteiger partial charge on any atom is 0.282 e. The number of hydrogen-bond donors (Lipinski definition) is 0. The molecule has 3 rings (SSSR count). The lowest BCUT2D eigenvalue weighted by Crippen LogP contribution is -2.23. The molecule has 1 amide bonds. The standard InChI is InChI=1S/C15H10ClN3O5/c16-10-3-1-9(2-4-10)7-17-8-13-12(15(17)20)5-11(18(21)22)6-14(13)19(23)24/h1-6H,7-8H2. The highest BCUT2D eigenvalue weighted by Crippen LogP contribution is 2.35. The van der Waals surface area contributed by atoms with Gasteiger partial charge in [0.15, 0.2) is 0 Å².